The van der Waals surface area contributed by atoms with Crippen LogP contribution in [0.2, 0.25) is 0 Å². The van der Waals surface area contributed by atoms with E-state index >= 15 is 0 Å². The third-order valence-electron chi connectivity index (χ3n) is 3.74. The van der Waals surface area contributed by atoms with Crippen LogP contribution in [0.25, 0.3) is 0 Å². The van der Waals surface area contributed by atoms with Crippen molar-refractivity contribution in [1.29, 1.82) is 0 Å². The van der Waals surface area contributed by atoms with Crippen molar-refractivity contribution in [2.45, 2.75) is 0 Å². The summed E-state index contributed by atoms with van der Waals surface area (Å²) in [7, 11) is -1.81. The Kier molecular flexibility index (Phi) is 4.59. The highest BCUT2D eigenvalue weighted by atomic mass is 31.2. The molecule has 5 heteroatoms. The van der Waals surface area contributed by atoms with Gasteiger partial charge in [0.1, 0.15) is 5.69 Å². The molecule has 120 valence electrons. The lowest BCUT2D eigenvalue weighted by molar-refractivity contribution is 0.0594. The molecule has 1 heterocycles. The molecule has 0 bridgehead atoms. The Morgan fingerprint density at radius 3 is 1.92 bits per heavy atom. The van der Waals surface area contributed by atoms with Crippen molar-refractivity contribution >= 4 is 29.0 Å². The highest BCUT2D eigenvalue weighted by Crippen LogP contribution is 2.42. The quantitative estimate of drug-likeness (QED) is 0.542. The van der Waals surface area contributed by atoms with E-state index in [0.717, 1.165) is 0 Å². The Morgan fingerprint density at radius 2 is 1.42 bits per heavy atom. The third kappa shape index (κ3) is 2.89. The van der Waals surface area contributed by atoms with Crippen LogP contribution in [-0.4, -0.2) is 18.1 Å². The van der Waals surface area contributed by atoms with Gasteiger partial charge in [-0.2, -0.15) is 0 Å². The average Bonchev–Trinajstić information content (AvgIpc) is 2.68. The summed E-state index contributed by atoms with van der Waals surface area (Å²) in [5.41, 5.74) is 0.141. The molecule has 0 aliphatic carbocycles. The van der Waals surface area contributed by atoms with Crippen molar-refractivity contribution in [3.63, 3.8) is 0 Å². The lowest BCUT2D eigenvalue weighted by Gasteiger charge is -2.20. The minimum atomic E-state index is -3.10. The molecule has 3 rings (SSSR count). The van der Waals surface area contributed by atoms with Crippen LogP contribution in [0.5, 0.6) is 0 Å². The molecule has 0 atom stereocenters. The fourth-order valence-corrected chi connectivity index (χ4v) is 5.21. The molecule has 2 aromatic carbocycles. The predicted molar refractivity (Wildman–Crippen MR) is 95.0 cm³/mol. The number of pyridine rings is 1. The molecule has 0 spiro atoms. The number of carbonyl (C=O) groups excluding carboxylic acids is 1. The minimum Gasteiger partial charge on any atom is -0.464 e. The van der Waals surface area contributed by atoms with E-state index in [-0.39, 0.29) is 5.69 Å². The van der Waals surface area contributed by atoms with Gasteiger partial charge in [-0.3, -0.25) is 0 Å². The van der Waals surface area contributed by atoms with Gasteiger partial charge in [0.25, 0.3) is 0 Å². The Balaban J connectivity index is 2.24. The molecule has 0 saturated carbocycles. The van der Waals surface area contributed by atoms with Gasteiger partial charge in [-0.25, -0.2) is 9.78 Å². The predicted octanol–water partition coefficient (Wildman–Crippen LogP) is 2.51. The standard InChI is InChI=1S/C19H16NO3P/c1-23-19(21)18-14-17(12-13-20-18)24(22,15-8-4-2-5-9-15)16-10-6-3-7-11-16/h2-14H,1H3. The van der Waals surface area contributed by atoms with Gasteiger partial charge in [0.05, 0.1) is 7.11 Å². The molecule has 0 aliphatic rings. The maximum Gasteiger partial charge on any atom is 0.356 e. The Hall–Kier alpha value is -2.71. The van der Waals surface area contributed by atoms with Crippen LogP contribution in [0.15, 0.2) is 79.0 Å². The molecule has 0 amide bonds. The number of benzene rings is 2. The summed E-state index contributed by atoms with van der Waals surface area (Å²) in [4.78, 5) is 15.8. The first-order valence-electron chi connectivity index (χ1n) is 7.42. The monoisotopic (exact) mass is 337 g/mol. The lowest BCUT2D eigenvalue weighted by atomic mass is 10.3. The van der Waals surface area contributed by atoms with Crippen molar-refractivity contribution in [3.05, 3.63) is 84.7 Å². The van der Waals surface area contributed by atoms with Gasteiger partial charge in [-0.05, 0) is 12.1 Å². The molecular formula is C19H16NO3P. The first-order valence-corrected chi connectivity index (χ1v) is 9.13. The van der Waals surface area contributed by atoms with Gasteiger partial charge < -0.3 is 9.30 Å². The van der Waals surface area contributed by atoms with Crippen molar-refractivity contribution in [1.82, 2.24) is 4.98 Å². The molecule has 4 nitrogen and oxygen atoms in total. The summed E-state index contributed by atoms with van der Waals surface area (Å²) in [6, 6.07) is 21.8. The summed E-state index contributed by atoms with van der Waals surface area (Å²) in [5, 5.41) is 1.96. The van der Waals surface area contributed by atoms with E-state index in [1.165, 1.54) is 13.3 Å². The molecule has 0 unspecified atom stereocenters. The minimum absolute atomic E-state index is 0.141. The fraction of sp³-hybridized carbons (Fsp3) is 0.0526. The van der Waals surface area contributed by atoms with Gasteiger partial charge >= 0.3 is 5.97 Å². The molecule has 0 radical (unpaired) electrons. The molecule has 24 heavy (non-hydrogen) atoms. The largest absolute Gasteiger partial charge is 0.464 e. The molecular weight excluding hydrogens is 321 g/mol. The summed E-state index contributed by atoms with van der Waals surface area (Å²) in [6.07, 6.45) is 1.49. The van der Waals surface area contributed by atoms with Crippen LogP contribution in [0, 0.1) is 0 Å². The topological polar surface area (TPSA) is 56.3 Å². The highest BCUT2D eigenvalue weighted by molar-refractivity contribution is 7.85. The second-order valence-corrected chi connectivity index (χ2v) is 7.94. The van der Waals surface area contributed by atoms with Crippen LogP contribution in [-0.2, 0) is 9.30 Å². The van der Waals surface area contributed by atoms with E-state index in [9.17, 15) is 9.36 Å². The molecule has 0 fully saturated rings. The molecule has 1 aromatic heterocycles. The Morgan fingerprint density at radius 1 is 0.875 bits per heavy atom. The zero-order valence-electron chi connectivity index (χ0n) is 13.1. The fourth-order valence-electron chi connectivity index (χ4n) is 2.55. The van der Waals surface area contributed by atoms with E-state index in [1.54, 1.807) is 12.1 Å². The second-order valence-electron chi connectivity index (χ2n) is 5.17. The maximum absolute atomic E-state index is 14.1. The van der Waals surface area contributed by atoms with Gasteiger partial charge in [0.15, 0.2) is 7.14 Å². The molecule has 0 N–H and O–H groups in total. The highest BCUT2D eigenvalue weighted by Gasteiger charge is 2.30. The van der Waals surface area contributed by atoms with E-state index in [2.05, 4.69) is 4.98 Å². The van der Waals surface area contributed by atoms with E-state index in [4.69, 9.17) is 4.74 Å². The van der Waals surface area contributed by atoms with Crippen molar-refractivity contribution in [3.8, 4) is 0 Å². The number of nitrogens with zero attached hydrogens (tertiary/aromatic N) is 1. The van der Waals surface area contributed by atoms with Gasteiger partial charge in [-0.15, -0.1) is 0 Å². The number of esters is 1. The third-order valence-corrected chi connectivity index (χ3v) is 6.80. The molecule has 0 saturated heterocycles. The van der Waals surface area contributed by atoms with Crippen molar-refractivity contribution < 1.29 is 14.1 Å². The lowest BCUT2D eigenvalue weighted by Crippen LogP contribution is -2.26. The summed E-state index contributed by atoms with van der Waals surface area (Å²) >= 11 is 0. The van der Waals surface area contributed by atoms with Crippen molar-refractivity contribution in [2.24, 2.45) is 0 Å². The number of aromatic nitrogens is 1. The van der Waals surface area contributed by atoms with E-state index in [0.29, 0.717) is 15.9 Å². The maximum atomic E-state index is 14.1. The summed E-state index contributed by atoms with van der Waals surface area (Å²) in [5.74, 6) is -0.551. The number of ether oxygens (including phenoxy) is 1. The normalized spacial score (nSPS) is 11.0. The number of hydrogen-bond donors (Lipinski definition) is 0. The zero-order chi connectivity index (χ0) is 17.0. The van der Waals surface area contributed by atoms with Crippen LogP contribution in [0.3, 0.4) is 0 Å². The number of methoxy groups -OCH3 is 1. The first-order chi connectivity index (χ1) is 11.7. The van der Waals surface area contributed by atoms with Crippen molar-refractivity contribution in [2.75, 3.05) is 7.11 Å². The Bertz CT molecular complexity index is 851. The van der Waals surface area contributed by atoms with Gasteiger partial charge in [-0.1, -0.05) is 60.7 Å². The van der Waals surface area contributed by atoms with E-state index in [1.807, 2.05) is 60.7 Å². The summed E-state index contributed by atoms with van der Waals surface area (Å²) < 4.78 is 18.8. The van der Waals surface area contributed by atoms with Gasteiger partial charge in [0, 0.05) is 22.1 Å². The summed E-state index contributed by atoms with van der Waals surface area (Å²) in [6.45, 7) is 0. The van der Waals surface area contributed by atoms with Crippen LogP contribution >= 0.6 is 7.14 Å². The number of rotatable bonds is 4. The second kappa shape index (κ2) is 6.81. The zero-order valence-corrected chi connectivity index (χ0v) is 14.0. The first kappa shape index (κ1) is 16.2. The average molecular weight is 337 g/mol. The van der Waals surface area contributed by atoms with Crippen LogP contribution in [0.4, 0.5) is 0 Å². The smallest absolute Gasteiger partial charge is 0.356 e. The molecule has 3 aromatic rings. The number of carbonyl (C=O) groups is 1. The van der Waals surface area contributed by atoms with Crippen LogP contribution < -0.4 is 15.9 Å². The molecule has 0 aliphatic heterocycles. The number of hydrogen-bond acceptors (Lipinski definition) is 4. The van der Waals surface area contributed by atoms with Crippen LogP contribution in [0.1, 0.15) is 10.5 Å². The van der Waals surface area contributed by atoms with Gasteiger partial charge in [0.2, 0.25) is 0 Å². The van der Waals surface area contributed by atoms with E-state index < -0.39 is 13.1 Å². The Labute approximate surface area is 140 Å². The SMILES string of the molecule is COC(=O)c1cc(P(=O)(c2ccccc2)c2ccccc2)ccn1.